The van der Waals surface area contributed by atoms with Crippen molar-refractivity contribution in [2.75, 3.05) is 25.9 Å². The molecule has 0 saturated carbocycles. The zero-order valence-corrected chi connectivity index (χ0v) is 18.3. The molecule has 2 aromatic rings. The number of hydrogen-bond donors (Lipinski definition) is 1. The molecule has 7 nitrogen and oxygen atoms in total. The molecule has 2 unspecified atom stereocenters. The summed E-state index contributed by atoms with van der Waals surface area (Å²) in [4.78, 5) is 11.4. The number of guanidine groups is 1. The third-order valence-electron chi connectivity index (χ3n) is 5.32. The van der Waals surface area contributed by atoms with Crippen LogP contribution >= 0.6 is 0 Å². The highest BCUT2D eigenvalue weighted by Crippen LogP contribution is 2.27. The highest BCUT2D eigenvalue weighted by molar-refractivity contribution is 7.89. The van der Waals surface area contributed by atoms with E-state index in [2.05, 4.69) is 33.6 Å². The number of nitrogens with zero attached hydrogens (tertiary/aromatic N) is 4. The summed E-state index contributed by atoms with van der Waals surface area (Å²) < 4.78 is 25.1. The smallest absolute Gasteiger partial charge is 0.194 e. The van der Waals surface area contributed by atoms with Gasteiger partial charge in [-0.15, -0.1) is 0 Å². The molecule has 0 bridgehead atoms. The molecule has 158 valence electrons. The third-order valence-corrected chi connectivity index (χ3v) is 6.18. The lowest BCUT2D eigenvalue weighted by atomic mass is 9.93. The first-order valence-electron chi connectivity index (χ1n) is 10.1. The third kappa shape index (κ3) is 6.06. The summed E-state index contributed by atoms with van der Waals surface area (Å²) in [5.41, 5.74) is 1.87. The van der Waals surface area contributed by atoms with Gasteiger partial charge >= 0.3 is 0 Å². The zero-order valence-electron chi connectivity index (χ0n) is 17.5. The lowest BCUT2D eigenvalue weighted by molar-refractivity contribution is 0.189. The van der Waals surface area contributed by atoms with Crippen molar-refractivity contribution in [3.8, 4) is 0 Å². The van der Waals surface area contributed by atoms with E-state index in [9.17, 15) is 8.42 Å². The maximum absolute atomic E-state index is 11.4. The second-order valence-corrected chi connectivity index (χ2v) is 9.99. The maximum Gasteiger partial charge on any atom is 0.194 e. The second kappa shape index (κ2) is 9.43. The molecule has 1 saturated heterocycles. The standard InChI is InChI=1S/C21H31N5O2S/c1-4-23-21(24-13-18-5-7-19(8-6-18)15-29(3,27)28)25-11-9-17(2)20(14-25)26-12-10-22-16-26/h5-8,10,12,16-17,20H,4,9,11,13-15H2,1-3H3,(H,23,24). The van der Waals surface area contributed by atoms with E-state index in [1.807, 2.05) is 43.0 Å². The largest absolute Gasteiger partial charge is 0.357 e. The molecule has 0 spiro atoms. The van der Waals surface area contributed by atoms with Crippen molar-refractivity contribution < 1.29 is 8.42 Å². The van der Waals surface area contributed by atoms with Gasteiger partial charge in [0.2, 0.25) is 0 Å². The minimum Gasteiger partial charge on any atom is -0.357 e. The molecule has 3 rings (SSSR count). The second-order valence-electron chi connectivity index (χ2n) is 7.85. The van der Waals surface area contributed by atoms with Crippen molar-refractivity contribution in [3.63, 3.8) is 0 Å². The van der Waals surface area contributed by atoms with E-state index in [0.717, 1.165) is 43.1 Å². The Morgan fingerprint density at radius 3 is 2.62 bits per heavy atom. The number of nitrogens with one attached hydrogen (secondary N) is 1. The Bertz CT molecular complexity index is 907. The number of aromatic nitrogens is 2. The van der Waals surface area contributed by atoms with Crippen LogP contribution in [0.2, 0.25) is 0 Å². The molecule has 2 atom stereocenters. The fourth-order valence-electron chi connectivity index (χ4n) is 3.73. The van der Waals surface area contributed by atoms with Gasteiger partial charge in [-0.3, -0.25) is 0 Å². The Balaban J connectivity index is 1.69. The summed E-state index contributed by atoms with van der Waals surface area (Å²) in [7, 11) is -3.02. The Kier molecular flexibility index (Phi) is 6.95. The molecule has 1 N–H and O–H groups in total. The molecule has 1 aliphatic heterocycles. The van der Waals surface area contributed by atoms with Gasteiger partial charge in [0.25, 0.3) is 0 Å². The molecule has 29 heavy (non-hydrogen) atoms. The van der Waals surface area contributed by atoms with Crippen molar-refractivity contribution in [2.45, 2.75) is 38.6 Å². The van der Waals surface area contributed by atoms with Gasteiger partial charge in [-0.05, 0) is 30.4 Å². The van der Waals surface area contributed by atoms with Crippen molar-refractivity contribution >= 4 is 15.8 Å². The Morgan fingerprint density at radius 1 is 1.28 bits per heavy atom. The quantitative estimate of drug-likeness (QED) is 0.577. The molecule has 2 heterocycles. The molecule has 0 aliphatic carbocycles. The van der Waals surface area contributed by atoms with Crippen LogP contribution in [0.1, 0.15) is 37.4 Å². The number of hydrogen-bond acceptors (Lipinski definition) is 4. The maximum atomic E-state index is 11.4. The summed E-state index contributed by atoms with van der Waals surface area (Å²) in [5.74, 6) is 1.58. The molecular formula is C21H31N5O2S. The SMILES string of the molecule is CCNC(=NCc1ccc(CS(C)(=O)=O)cc1)N1CCC(C)C(n2ccnc2)C1. The van der Waals surface area contributed by atoms with Crippen LogP contribution in [-0.2, 0) is 22.1 Å². The van der Waals surface area contributed by atoms with Gasteiger partial charge in [-0.1, -0.05) is 31.2 Å². The highest BCUT2D eigenvalue weighted by atomic mass is 32.2. The summed E-state index contributed by atoms with van der Waals surface area (Å²) >= 11 is 0. The topological polar surface area (TPSA) is 79.6 Å². The fraction of sp³-hybridized carbons (Fsp3) is 0.524. The zero-order chi connectivity index (χ0) is 20.9. The van der Waals surface area contributed by atoms with E-state index < -0.39 is 9.84 Å². The molecule has 8 heteroatoms. The van der Waals surface area contributed by atoms with Crippen LogP contribution in [0, 0.1) is 5.92 Å². The Labute approximate surface area is 173 Å². The Hall–Kier alpha value is -2.35. The number of imidazole rings is 1. The lowest BCUT2D eigenvalue weighted by Gasteiger charge is -2.39. The molecule has 1 aromatic carbocycles. The number of aliphatic imine (C=N–C) groups is 1. The minimum absolute atomic E-state index is 0.0702. The van der Waals surface area contributed by atoms with E-state index in [1.165, 1.54) is 6.26 Å². The number of sulfone groups is 1. The van der Waals surface area contributed by atoms with Gasteiger partial charge in [0.15, 0.2) is 15.8 Å². The summed E-state index contributed by atoms with van der Waals surface area (Å²) in [5, 5.41) is 3.42. The first kappa shape index (κ1) is 21.4. The highest BCUT2D eigenvalue weighted by Gasteiger charge is 2.28. The first-order valence-corrected chi connectivity index (χ1v) is 12.2. The van der Waals surface area contributed by atoms with E-state index in [1.54, 1.807) is 0 Å². The molecule has 0 amide bonds. The number of likely N-dealkylation sites (tertiary alicyclic amines) is 1. The monoisotopic (exact) mass is 417 g/mol. The summed E-state index contributed by atoms with van der Waals surface area (Å²) in [6.07, 6.45) is 8.12. The van der Waals surface area contributed by atoms with Gasteiger partial charge in [0.1, 0.15) is 0 Å². The Morgan fingerprint density at radius 2 is 2.00 bits per heavy atom. The molecule has 1 aliphatic rings. The lowest BCUT2D eigenvalue weighted by Crippen LogP contribution is -2.49. The van der Waals surface area contributed by atoms with Crippen molar-refractivity contribution in [1.29, 1.82) is 0 Å². The van der Waals surface area contributed by atoms with Crippen LogP contribution in [0.5, 0.6) is 0 Å². The summed E-state index contributed by atoms with van der Waals surface area (Å²) in [6.45, 7) is 7.62. The van der Waals surface area contributed by atoms with E-state index in [-0.39, 0.29) is 5.75 Å². The predicted molar refractivity (Wildman–Crippen MR) is 116 cm³/mol. The summed E-state index contributed by atoms with van der Waals surface area (Å²) in [6, 6.07) is 8.04. The molecule has 0 radical (unpaired) electrons. The van der Waals surface area contributed by atoms with Crippen LogP contribution < -0.4 is 5.32 Å². The van der Waals surface area contributed by atoms with Gasteiger partial charge in [-0.25, -0.2) is 18.4 Å². The van der Waals surface area contributed by atoms with E-state index in [0.29, 0.717) is 18.5 Å². The van der Waals surface area contributed by atoms with Crippen molar-refractivity contribution in [3.05, 3.63) is 54.1 Å². The average Bonchev–Trinajstić information content (AvgIpc) is 3.20. The average molecular weight is 418 g/mol. The van der Waals surface area contributed by atoms with Crippen LogP contribution in [0.15, 0.2) is 48.0 Å². The molecular weight excluding hydrogens is 386 g/mol. The molecule has 1 fully saturated rings. The first-order chi connectivity index (χ1) is 13.9. The van der Waals surface area contributed by atoms with Gasteiger partial charge in [0, 0.05) is 38.3 Å². The van der Waals surface area contributed by atoms with Gasteiger partial charge < -0.3 is 14.8 Å². The van der Waals surface area contributed by atoms with Crippen molar-refractivity contribution in [2.24, 2.45) is 10.9 Å². The number of benzene rings is 1. The van der Waals surface area contributed by atoms with Crippen molar-refractivity contribution in [1.82, 2.24) is 19.8 Å². The number of rotatable bonds is 6. The minimum atomic E-state index is -3.02. The van der Waals surface area contributed by atoms with Crippen LogP contribution in [0.3, 0.4) is 0 Å². The van der Waals surface area contributed by atoms with E-state index in [4.69, 9.17) is 4.99 Å². The van der Waals surface area contributed by atoms with Gasteiger partial charge in [-0.2, -0.15) is 0 Å². The number of piperidine rings is 1. The van der Waals surface area contributed by atoms with Crippen LogP contribution in [0.25, 0.3) is 0 Å². The van der Waals surface area contributed by atoms with Crippen LogP contribution in [-0.4, -0.2) is 54.7 Å². The fourth-order valence-corrected chi connectivity index (χ4v) is 4.53. The van der Waals surface area contributed by atoms with Gasteiger partial charge in [0.05, 0.1) is 24.7 Å². The normalized spacial score (nSPS) is 20.7. The predicted octanol–water partition coefficient (Wildman–Crippen LogP) is 2.48. The van der Waals surface area contributed by atoms with Crippen LogP contribution in [0.4, 0.5) is 0 Å². The van der Waals surface area contributed by atoms with E-state index >= 15 is 0 Å². The molecule has 1 aromatic heterocycles.